The zero-order chi connectivity index (χ0) is 9.78. The predicted molar refractivity (Wildman–Crippen MR) is 47.2 cm³/mol. The Bertz CT molecular complexity index is 151. The second-order valence-electron chi connectivity index (χ2n) is 3.60. The summed E-state index contributed by atoms with van der Waals surface area (Å²) in [5.41, 5.74) is -0.497. The first-order valence-electron chi connectivity index (χ1n) is 3.81. The van der Waals surface area contributed by atoms with Crippen LogP contribution in [0.1, 0.15) is 27.2 Å². The molecule has 0 aliphatic rings. The number of aliphatic hydroxyl groups excluding tert-OH is 1. The quantitative estimate of drug-likeness (QED) is 0.545. The molecular weight excluding hydrogens is 180 g/mol. The molecule has 0 spiro atoms. The fourth-order valence-electron chi connectivity index (χ4n) is 0.630. The number of hydrogen-bond acceptors (Lipinski definition) is 3. The minimum Gasteiger partial charge on any atom is -0.460 e. The Morgan fingerprint density at radius 2 is 2.08 bits per heavy atom. The number of hydrogen-bond donors (Lipinski definition) is 1. The van der Waals surface area contributed by atoms with Gasteiger partial charge in [0.1, 0.15) is 5.60 Å². The van der Waals surface area contributed by atoms with Gasteiger partial charge in [0.2, 0.25) is 0 Å². The molecule has 0 rings (SSSR count). The van der Waals surface area contributed by atoms with Gasteiger partial charge in [-0.05, 0) is 20.8 Å². The lowest BCUT2D eigenvalue weighted by molar-refractivity contribution is -0.156. The van der Waals surface area contributed by atoms with Gasteiger partial charge in [-0.25, -0.2) is 0 Å². The van der Waals surface area contributed by atoms with E-state index in [9.17, 15) is 4.79 Å². The number of carbonyl (C=O) groups excluding carboxylic acids is 1. The van der Waals surface area contributed by atoms with Crippen LogP contribution in [0.2, 0.25) is 0 Å². The van der Waals surface area contributed by atoms with Gasteiger partial charge in [0.15, 0.2) is 0 Å². The standard InChI is InChI=1S/C8H15ClO3/c1-8(2,3)12-7(11)4-6(10)5-9/h6,10H,4-5H2,1-3H3/t6-/m0/s1. The first-order chi connectivity index (χ1) is 5.35. The number of esters is 1. The van der Waals surface area contributed by atoms with Gasteiger partial charge in [-0.2, -0.15) is 0 Å². The molecule has 0 fully saturated rings. The molecule has 1 atom stereocenters. The van der Waals surface area contributed by atoms with E-state index in [0.717, 1.165) is 0 Å². The highest BCUT2D eigenvalue weighted by Crippen LogP contribution is 2.09. The van der Waals surface area contributed by atoms with Gasteiger partial charge in [-0.1, -0.05) is 0 Å². The Morgan fingerprint density at radius 1 is 1.58 bits per heavy atom. The third-order valence-electron chi connectivity index (χ3n) is 1.00. The molecule has 0 heterocycles. The Kier molecular flexibility index (Phi) is 4.57. The van der Waals surface area contributed by atoms with Crippen LogP contribution < -0.4 is 0 Å². The molecule has 0 saturated heterocycles. The van der Waals surface area contributed by atoms with Gasteiger partial charge in [-0.15, -0.1) is 11.6 Å². The molecule has 1 N–H and O–H groups in total. The highest BCUT2D eigenvalue weighted by atomic mass is 35.5. The fraction of sp³-hybridized carbons (Fsp3) is 0.875. The summed E-state index contributed by atoms with van der Waals surface area (Å²) in [6, 6.07) is 0. The maximum absolute atomic E-state index is 11.0. The molecule has 0 radical (unpaired) electrons. The van der Waals surface area contributed by atoms with Gasteiger partial charge >= 0.3 is 5.97 Å². The van der Waals surface area contributed by atoms with E-state index in [-0.39, 0.29) is 12.3 Å². The summed E-state index contributed by atoms with van der Waals surface area (Å²) in [5, 5.41) is 8.99. The molecule has 4 heteroatoms. The Morgan fingerprint density at radius 3 is 2.42 bits per heavy atom. The van der Waals surface area contributed by atoms with Gasteiger partial charge < -0.3 is 9.84 Å². The van der Waals surface area contributed by atoms with Crippen LogP contribution in [0.25, 0.3) is 0 Å². The molecule has 0 aromatic rings. The number of halogens is 1. The van der Waals surface area contributed by atoms with Crippen molar-refractivity contribution in [2.45, 2.75) is 38.9 Å². The Labute approximate surface area is 77.7 Å². The van der Waals surface area contributed by atoms with E-state index in [1.54, 1.807) is 20.8 Å². The van der Waals surface area contributed by atoms with E-state index in [0.29, 0.717) is 0 Å². The number of rotatable bonds is 3. The van der Waals surface area contributed by atoms with Crippen LogP contribution >= 0.6 is 11.6 Å². The van der Waals surface area contributed by atoms with Gasteiger partial charge in [0.05, 0.1) is 12.5 Å². The average Bonchev–Trinajstić information content (AvgIpc) is 1.82. The molecule has 0 aliphatic heterocycles. The van der Waals surface area contributed by atoms with E-state index in [1.165, 1.54) is 0 Å². The van der Waals surface area contributed by atoms with Crippen molar-refractivity contribution in [2.75, 3.05) is 5.88 Å². The van der Waals surface area contributed by atoms with Crippen LogP contribution in [-0.4, -0.2) is 28.7 Å². The predicted octanol–water partition coefficient (Wildman–Crippen LogP) is 1.32. The molecule has 3 nitrogen and oxygen atoms in total. The number of aliphatic hydroxyl groups is 1. The van der Waals surface area contributed by atoms with Crippen LogP contribution in [-0.2, 0) is 9.53 Å². The van der Waals surface area contributed by atoms with Crippen LogP contribution in [0.3, 0.4) is 0 Å². The highest BCUT2D eigenvalue weighted by molar-refractivity contribution is 6.18. The summed E-state index contributed by atoms with van der Waals surface area (Å²) < 4.78 is 4.95. The lowest BCUT2D eigenvalue weighted by atomic mass is 10.2. The normalized spacial score (nSPS) is 14.1. The summed E-state index contributed by atoms with van der Waals surface area (Å²) in [5.74, 6) is -0.366. The SMILES string of the molecule is CC(C)(C)OC(=O)C[C@H](O)CCl. The van der Waals surface area contributed by atoms with Gasteiger partial charge in [0.25, 0.3) is 0 Å². The third kappa shape index (κ3) is 6.43. The van der Waals surface area contributed by atoms with E-state index >= 15 is 0 Å². The van der Waals surface area contributed by atoms with Crippen LogP contribution in [0.4, 0.5) is 0 Å². The zero-order valence-electron chi connectivity index (χ0n) is 7.63. The maximum Gasteiger partial charge on any atom is 0.308 e. The van der Waals surface area contributed by atoms with Gasteiger partial charge in [-0.3, -0.25) is 4.79 Å². The topological polar surface area (TPSA) is 46.5 Å². The maximum atomic E-state index is 11.0. The molecule has 0 saturated carbocycles. The van der Waals surface area contributed by atoms with Crippen molar-refractivity contribution in [1.82, 2.24) is 0 Å². The van der Waals surface area contributed by atoms with Crippen molar-refractivity contribution in [3.8, 4) is 0 Å². The number of ether oxygens (including phenoxy) is 1. The summed E-state index contributed by atoms with van der Waals surface area (Å²) in [6.45, 7) is 5.33. The van der Waals surface area contributed by atoms with Crippen molar-refractivity contribution >= 4 is 17.6 Å². The Hall–Kier alpha value is -0.280. The van der Waals surface area contributed by atoms with Crippen LogP contribution in [0.5, 0.6) is 0 Å². The van der Waals surface area contributed by atoms with E-state index in [4.69, 9.17) is 21.4 Å². The second kappa shape index (κ2) is 4.67. The summed E-state index contributed by atoms with van der Waals surface area (Å²) in [6.07, 6.45) is -0.845. The molecule has 0 bridgehead atoms. The molecule has 0 aliphatic carbocycles. The Balaban J connectivity index is 3.75. The molecule has 12 heavy (non-hydrogen) atoms. The highest BCUT2D eigenvalue weighted by Gasteiger charge is 2.18. The number of alkyl halides is 1. The monoisotopic (exact) mass is 194 g/mol. The number of carbonyl (C=O) groups is 1. The third-order valence-corrected chi connectivity index (χ3v) is 1.36. The van der Waals surface area contributed by atoms with Crippen LogP contribution in [0, 0.1) is 0 Å². The largest absolute Gasteiger partial charge is 0.460 e. The molecule has 0 aromatic heterocycles. The van der Waals surface area contributed by atoms with Crippen molar-refractivity contribution in [2.24, 2.45) is 0 Å². The zero-order valence-corrected chi connectivity index (χ0v) is 8.39. The minimum absolute atomic E-state index is 0.0409. The van der Waals surface area contributed by atoms with Gasteiger partial charge in [0, 0.05) is 5.88 Å². The minimum atomic E-state index is -0.804. The molecule has 0 aromatic carbocycles. The second-order valence-corrected chi connectivity index (χ2v) is 3.91. The van der Waals surface area contributed by atoms with E-state index in [1.807, 2.05) is 0 Å². The first-order valence-corrected chi connectivity index (χ1v) is 4.34. The fourth-order valence-corrected chi connectivity index (χ4v) is 0.739. The summed E-state index contributed by atoms with van der Waals surface area (Å²) >= 11 is 5.31. The lowest BCUT2D eigenvalue weighted by Crippen LogP contribution is -2.26. The van der Waals surface area contributed by atoms with Crippen molar-refractivity contribution < 1.29 is 14.6 Å². The van der Waals surface area contributed by atoms with Crippen molar-refractivity contribution in [3.05, 3.63) is 0 Å². The molecule has 0 amide bonds. The molecule has 72 valence electrons. The summed E-state index contributed by atoms with van der Waals surface area (Å²) in [7, 11) is 0. The summed E-state index contributed by atoms with van der Waals surface area (Å²) in [4.78, 5) is 11.0. The van der Waals surface area contributed by atoms with Crippen LogP contribution in [0.15, 0.2) is 0 Å². The average molecular weight is 195 g/mol. The van der Waals surface area contributed by atoms with Crippen molar-refractivity contribution in [3.63, 3.8) is 0 Å². The molecular formula is C8H15ClO3. The lowest BCUT2D eigenvalue weighted by Gasteiger charge is -2.20. The first kappa shape index (κ1) is 11.7. The van der Waals surface area contributed by atoms with E-state index in [2.05, 4.69) is 0 Å². The smallest absolute Gasteiger partial charge is 0.308 e. The van der Waals surface area contributed by atoms with E-state index < -0.39 is 17.7 Å². The van der Waals surface area contributed by atoms with Crippen molar-refractivity contribution in [1.29, 1.82) is 0 Å². The molecule has 0 unspecified atom stereocenters.